The van der Waals surface area contributed by atoms with Crippen molar-refractivity contribution in [3.8, 4) is 11.8 Å². The van der Waals surface area contributed by atoms with Gasteiger partial charge in [0.1, 0.15) is 12.6 Å². The zero-order chi connectivity index (χ0) is 12.8. The Kier molecular flexibility index (Phi) is 4.51. The molecule has 1 N–H and O–H groups in total. The summed E-state index contributed by atoms with van der Waals surface area (Å²) in [4.78, 5) is 2.05. The van der Waals surface area contributed by atoms with Crippen LogP contribution in [0.1, 0.15) is 0 Å². The maximum absolute atomic E-state index is 13.3. The lowest BCUT2D eigenvalue weighted by Crippen LogP contribution is -2.51. The Morgan fingerprint density at radius 2 is 2.33 bits per heavy atom. The Morgan fingerprint density at radius 1 is 1.50 bits per heavy atom. The molecule has 1 fully saturated rings. The molecule has 1 aromatic rings. The van der Waals surface area contributed by atoms with Crippen LogP contribution in [-0.2, 0) is 0 Å². The summed E-state index contributed by atoms with van der Waals surface area (Å²) in [6, 6.07) is 8.47. The molecule has 5 heteroatoms. The average Bonchev–Trinajstić information content (AvgIpc) is 2.41. The van der Waals surface area contributed by atoms with Gasteiger partial charge in [-0.05, 0) is 12.1 Å². The number of ether oxygens (including phenoxy) is 1. The molecule has 0 saturated carbocycles. The molecule has 0 spiro atoms. The third kappa shape index (κ3) is 3.19. The molecule has 0 aromatic heterocycles. The second kappa shape index (κ2) is 6.34. The summed E-state index contributed by atoms with van der Waals surface area (Å²) in [7, 11) is 0. The Labute approximate surface area is 106 Å². The number of nitrogens with one attached hydrogen (secondary N) is 1. The van der Waals surface area contributed by atoms with Crippen molar-refractivity contribution in [1.82, 2.24) is 10.2 Å². The first-order chi connectivity index (χ1) is 8.81. The van der Waals surface area contributed by atoms with Crippen LogP contribution < -0.4 is 10.1 Å². The largest absolute Gasteiger partial charge is 0.489 e. The molecule has 1 unspecified atom stereocenters. The van der Waals surface area contributed by atoms with Crippen molar-refractivity contribution in [1.29, 1.82) is 5.26 Å². The first-order valence-corrected chi connectivity index (χ1v) is 6.03. The van der Waals surface area contributed by atoms with E-state index in [2.05, 4.69) is 16.3 Å². The van der Waals surface area contributed by atoms with Crippen LogP contribution in [0.15, 0.2) is 24.3 Å². The summed E-state index contributed by atoms with van der Waals surface area (Å²) < 4.78 is 18.7. The third-order valence-corrected chi connectivity index (χ3v) is 2.98. The molecular formula is C13H16FN3O. The summed E-state index contributed by atoms with van der Waals surface area (Å²) in [6.07, 6.45) is 0. The Balaban J connectivity index is 1.81. The van der Waals surface area contributed by atoms with Gasteiger partial charge in [-0.3, -0.25) is 4.90 Å². The summed E-state index contributed by atoms with van der Waals surface area (Å²) in [5, 5.41) is 12.2. The molecule has 1 atom stereocenters. The number of hydrogen-bond donors (Lipinski definition) is 1. The normalized spacial score (nSPS) is 20.3. The SMILES string of the molecule is N#CC1CNCCN1CCOc1ccccc1F. The minimum atomic E-state index is -0.352. The van der Waals surface area contributed by atoms with Crippen LogP contribution in [0, 0.1) is 17.1 Å². The topological polar surface area (TPSA) is 48.3 Å². The van der Waals surface area contributed by atoms with E-state index >= 15 is 0 Å². The zero-order valence-electron chi connectivity index (χ0n) is 10.1. The molecule has 1 aliphatic heterocycles. The molecule has 0 bridgehead atoms. The standard InChI is InChI=1S/C13H16FN3O/c14-12-3-1-2-4-13(12)18-8-7-17-6-5-16-10-11(17)9-15/h1-4,11,16H,5-8,10H2. The van der Waals surface area contributed by atoms with Crippen molar-refractivity contribution in [2.24, 2.45) is 0 Å². The van der Waals surface area contributed by atoms with Crippen molar-refractivity contribution in [3.63, 3.8) is 0 Å². The van der Waals surface area contributed by atoms with Crippen LogP contribution in [0.5, 0.6) is 5.75 Å². The number of nitrogens with zero attached hydrogens (tertiary/aromatic N) is 2. The Hall–Kier alpha value is -1.64. The highest BCUT2D eigenvalue weighted by atomic mass is 19.1. The molecule has 1 aliphatic rings. The van der Waals surface area contributed by atoms with Gasteiger partial charge in [-0.2, -0.15) is 5.26 Å². The molecule has 4 nitrogen and oxygen atoms in total. The molecule has 0 aliphatic carbocycles. The number of piperazine rings is 1. The maximum Gasteiger partial charge on any atom is 0.165 e. The fraction of sp³-hybridized carbons (Fsp3) is 0.462. The molecule has 96 valence electrons. The van der Waals surface area contributed by atoms with Crippen LogP contribution in [0.2, 0.25) is 0 Å². The van der Waals surface area contributed by atoms with Gasteiger partial charge in [0.15, 0.2) is 11.6 Å². The van der Waals surface area contributed by atoms with Crippen LogP contribution in [0.25, 0.3) is 0 Å². The van der Waals surface area contributed by atoms with Crippen molar-refractivity contribution in [2.75, 3.05) is 32.8 Å². The fourth-order valence-corrected chi connectivity index (χ4v) is 1.98. The van der Waals surface area contributed by atoms with E-state index in [-0.39, 0.29) is 17.6 Å². The van der Waals surface area contributed by atoms with Gasteiger partial charge in [0.25, 0.3) is 0 Å². The predicted molar refractivity (Wildman–Crippen MR) is 65.7 cm³/mol. The van der Waals surface area contributed by atoms with Gasteiger partial charge in [-0.15, -0.1) is 0 Å². The Morgan fingerprint density at radius 3 is 3.11 bits per heavy atom. The fourth-order valence-electron chi connectivity index (χ4n) is 1.98. The summed E-state index contributed by atoms with van der Waals surface area (Å²) in [6.45, 7) is 3.39. The van der Waals surface area contributed by atoms with Gasteiger partial charge in [-0.1, -0.05) is 12.1 Å². The predicted octanol–water partition coefficient (Wildman–Crippen LogP) is 1.00. The third-order valence-electron chi connectivity index (χ3n) is 2.98. The van der Waals surface area contributed by atoms with Gasteiger partial charge in [-0.25, -0.2) is 4.39 Å². The van der Waals surface area contributed by atoms with Gasteiger partial charge in [0.2, 0.25) is 0 Å². The van der Waals surface area contributed by atoms with E-state index < -0.39 is 0 Å². The second-order valence-corrected chi connectivity index (χ2v) is 4.16. The molecule has 0 amide bonds. The zero-order valence-corrected chi connectivity index (χ0v) is 10.1. The number of hydrogen-bond acceptors (Lipinski definition) is 4. The van der Waals surface area contributed by atoms with E-state index in [0.717, 1.165) is 13.1 Å². The molecule has 1 saturated heterocycles. The highest BCUT2D eigenvalue weighted by Gasteiger charge is 2.21. The number of nitriles is 1. The van der Waals surface area contributed by atoms with E-state index in [1.165, 1.54) is 6.07 Å². The maximum atomic E-state index is 13.3. The van der Waals surface area contributed by atoms with Crippen LogP contribution in [-0.4, -0.2) is 43.7 Å². The van der Waals surface area contributed by atoms with E-state index in [1.807, 2.05) is 0 Å². The van der Waals surface area contributed by atoms with Gasteiger partial charge in [0.05, 0.1) is 6.07 Å². The molecule has 18 heavy (non-hydrogen) atoms. The first kappa shape index (κ1) is 12.8. The lowest BCUT2D eigenvalue weighted by atomic mass is 10.2. The number of halogens is 1. The second-order valence-electron chi connectivity index (χ2n) is 4.16. The highest BCUT2D eigenvalue weighted by Crippen LogP contribution is 2.15. The Bertz CT molecular complexity index is 432. The van der Waals surface area contributed by atoms with Crippen LogP contribution >= 0.6 is 0 Å². The van der Waals surface area contributed by atoms with Gasteiger partial charge in [0, 0.05) is 26.2 Å². The van der Waals surface area contributed by atoms with E-state index in [4.69, 9.17) is 10.00 Å². The lowest BCUT2D eigenvalue weighted by Gasteiger charge is -2.31. The molecule has 1 heterocycles. The smallest absolute Gasteiger partial charge is 0.165 e. The van der Waals surface area contributed by atoms with Crippen molar-refractivity contribution >= 4 is 0 Å². The summed E-state index contributed by atoms with van der Waals surface area (Å²) in [5.41, 5.74) is 0. The van der Waals surface area contributed by atoms with E-state index in [9.17, 15) is 4.39 Å². The molecule has 0 radical (unpaired) electrons. The van der Waals surface area contributed by atoms with Crippen LogP contribution in [0.3, 0.4) is 0 Å². The molecular weight excluding hydrogens is 233 g/mol. The van der Waals surface area contributed by atoms with E-state index in [1.54, 1.807) is 18.2 Å². The average molecular weight is 249 g/mol. The van der Waals surface area contributed by atoms with E-state index in [0.29, 0.717) is 19.7 Å². The van der Waals surface area contributed by atoms with Crippen molar-refractivity contribution < 1.29 is 9.13 Å². The van der Waals surface area contributed by atoms with Gasteiger partial charge < -0.3 is 10.1 Å². The summed E-state index contributed by atoms with van der Waals surface area (Å²) >= 11 is 0. The number of benzene rings is 1. The minimum absolute atomic E-state index is 0.122. The summed E-state index contributed by atoms with van der Waals surface area (Å²) in [5.74, 6) is -0.0872. The highest BCUT2D eigenvalue weighted by molar-refractivity contribution is 5.23. The van der Waals surface area contributed by atoms with Crippen molar-refractivity contribution in [3.05, 3.63) is 30.1 Å². The van der Waals surface area contributed by atoms with Crippen molar-refractivity contribution in [2.45, 2.75) is 6.04 Å². The van der Waals surface area contributed by atoms with Crippen LogP contribution in [0.4, 0.5) is 4.39 Å². The molecule has 2 rings (SSSR count). The number of para-hydroxylation sites is 1. The monoisotopic (exact) mass is 249 g/mol. The van der Waals surface area contributed by atoms with Gasteiger partial charge >= 0.3 is 0 Å². The number of rotatable bonds is 4. The molecule has 1 aromatic carbocycles. The lowest BCUT2D eigenvalue weighted by molar-refractivity contribution is 0.159. The quantitative estimate of drug-likeness (QED) is 0.865. The first-order valence-electron chi connectivity index (χ1n) is 6.03. The minimum Gasteiger partial charge on any atom is -0.489 e.